The van der Waals surface area contributed by atoms with E-state index in [1.54, 1.807) is 0 Å². The maximum absolute atomic E-state index is 5.96. The smallest absolute Gasteiger partial charge is 0.225 e. The average molecular weight is 308 g/mol. The summed E-state index contributed by atoms with van der Waals surface area (Å²) in [5.74, 6) is 1.95. The first-order valence-electron chi connectivity index (χ1n) is 8.12. The molecular weight excluding hydrogens is 288 g/mol. The van der Waals surface area contributed by atoms with Crippen molar-refractivity contribution in [2.75, 3.05) is 18.0 Å². The Morgan fingerprint density at radius 1 is 1.09 bits per heavy atom. The first-order valence-corrected chi connectivity index (χ1v) is 8.12. The molecule has 118 valence electrons. The van der Waals surface area contributed by atoms with Crippen molar-refractivity contribution in [3.63, 3.8) is 0 Å². The Balaban J connectivity index is 1.61. The normalized spacial score (nSPS) is 18.5. The van der Waals surface area contributed by atoms with Gasteiger partial charge in [0, 0.05) is 24.5 Å². The van der Waals surface area contributed by atoms with E-state index >= 15 is 0 Å². The average Bonchev–Trinajstić information content (AvgIpc) is 2.98. The van der Waals surface area contributed by atoms with Crippen molar-refractivity contribution in [1.29, 1.82) is 0 Å². The van der Waals surface area contributed by atoms with Crippen molar-refractivity contribution in [1.82, 2.24) is 15.0 Å². The van der Waals surface area contributed by atoms with Crippen LogP contribution in [0.5, 0.6) is 0 Å². The van der Waals surface area contributed by atoms with Crippen molar-refractivity contribution in [3.05, 3.63) is 47.6 Å². The number of hydrogen-bond donors (Lipinski definition) is 0. The van der Waals surface area contributed by atoms with Crippen LogP contribution in [0.3, 0.4) is 0 Å². The molecule has 0 saturated carbocycles. The third-order valence-corrected chi connectivity index (χ3v) is 4.33. The van der Waals surface area contributed by atoms with Gasteiger partial charge in [0.25, 0.3) is 0 Å². The molecule has 3 heterocycles. The fourth-order valence-corrected chi connectivity index (χ4v) is 3.27. The number of para-hydroxylation sites is 2. The first-order chi connectivity index (χ1) is 11.2. The summed E-state index contributed by atoms with van der Waals surface area (Å²) in [6, 6.07) is 9.94. The molecule has 0 amide bonds. The van der Waals surface area contributed by atoms with Crippen LogP contribution in [-0.2, 0) is 0 Å². The van der Waals surface area contributed by atoms with E-state index in [2.05, 4.69) is 19.9 Å². The lowest BCUT2D eigenvalue weighted by molar-refractivity contribution is 0.411. The molecule has 2 aromatic heterocycles. The van der Waals surface area contributed by atoms with E-state index in [9.17, 15) is 0 Å². The molecule has 0 aliphatic carbocycles. The zero-order valence-electron chi connectivity index (χ0n) is 13.5. The van der Waals surface area contributed by atoms with Crippen LogP contribution in [0, 0.1) is 13.8 Å². The van der Waals surface area contributed by atoms with Crippen LogP contribution in [0.1, 0.15) is 36.0 Å². The van der Waals surface area contributed by atoms with E-state index < -0.39 is 0 Å². The lowest BCUT2D eigenvalue weighted by Gasteiger charge is -2.31. The van der Waals surface area contributed by atoms with Crippen LogP contribution in [0.2, 0.25) is 0 Å². The summed E-state index contributed by atoms with van der Waals surface area (Å²) >= 11 is 0. The molecule has 3 aromatic rings. The minimum atomic E-state index is 0.292. The van der Waals surface area contributed by atoms with Crippen molar-refractivity contribution >= 4 is 17.0 Å². The molecule has 0 bridgehead atoms. The molecule has 1 atom stereocenters. The van der Waals surface area contributed by atoms with Gasteiger partial charge in [0.2, 0.25) is 5.95 Å². The molecule has 0 N–H and O–H groups in total. The standard InChI is InChI=1S/C18H20N4O/c1-12-10-13(2)20-18(19-12)22-9-5-6-14(11-22)17-21-15-7-3-4-8-16(15)23-17/h3-4,7-8,10,14H,5-6,9,11H2,1-2H3/t14-/m1/s1. The van der Waals surface area contributed by atoms with E-state index in [-0.39, 0.29) is 0 Å². The van der Waals surface area contributed by atoms with E-state index in [4.69, 9.17) is 4.42 Å². The Kier molecular flexibility index (Phi) is 3.48. The second-order valence-corrected chi connectivity index (χ2v) is 6.26. The van der Waals surface area contributed by atoms with Gasteiger partial charge < -0.3 is 9.32 Å². The van der Waals surface area contributed by atoms with Crippen LogP contribution in [0.15, 0.2) is 34.7 Å². The second kappa shape index (κ2) is 5.65. The number of hydrogen-bond acceptors (Lipinski definition) is 5. The van der Waals surface area contributed by atoms with Gasteiger partial charge in [-0.25, -0.2) is 15.0 Å². The van der Waals surface area contributed by atoms with Gasteiger partial charge in [-0.05, 0) is 44.9 Å². The predicted molar refractivity (Wildman–Crippen MR) is 89.7 cm³/mol. The number of oxazole rings is 1. The van der Waals surface area contributed by atoms with E-state index in [1.165, 1.54) is 0 Å². The lowest BCUT2D eigenvalue weighted by Crippen LogP contribution is -2.35. The lowest BCUT2D eigenvalue weighted by atomic mass is 9.98. The van der Waals surface area contributed by atoms with Gasteiger partial charge in [-0.1, -0.05) is 12.1 Å². The molecule has 1 aromatic carbocycles. The number of aromatic nitrogens is 3. The van der Waals surface area contributed by atoms with Crippen LogP contribution in [-0.4, -0.2) is 28.0 Å². The summed E-state index contributed by atoms with van der Waals surface area (Å²) in [5.41, 5.74) is 3.82. The molecule has 23 heavy (non-hydrogen) atoms. The van der Waals surface area contributed by atoms with Gasteiger partial charge in [-0.2, -0.15) is 0 Å². The van der Waals surface area contributed by atoms with Crippen LogP contribution in [0.4, 0.5) is 5.95 Å². The van der Waals surface area contributed by atoms with Gasteiger partial charge >= 0.3 is 0 Å². The minimum Gasteiger partial charge on any atom is -0.440 e. The summed E-state index contributed by atoms with van der Waals surface area (Å²) in [6.45, 7) is 5.87. The molecule has 4 rings (SSSR count). The third kappa shape index (κ3) is 2.79. The fourth-order valence-electron chi connectivity index (χ4n) is 3.27. The van der Waals surface area contributed by atoms with Crippen LogP contribution in [0.25, 0.3) is 11.1 Å². The summed E-state index contributed by atoms with van der Waals surface area (Å²) in [4.78, 5) is 16.1. The Bertz CT molecular complexity index is 789. The largest absolute Gasteiger partial charge is 0.440 e. The zero-order valence-corrected chi connectivity index (χ0v) is 13.5. The number of fused-ring (bicyclic) bond motifs is 1. The third-order valence-electron chi connectivity index (χ3n) is 4.33. The van der Waals surface area contributed by atoms with Gasteiger partial charge in [-0.3, -0.25) is 0 Å². The van der Waals surface area contributed by atoms with Gasteiger partial charge in [0.15, 0.2) is 11.5 Å². The fraction of sp³-hybridized carbons (Fsp3) is 0.389. The van der Waals surface area contributed by atoms with Crippen molar-refractivity contribution < 1.29 is 4.42 Å². The molecular formula is C18H20N4O. The highest BCUT2D eigenvalue weighted by molar-refractivity contribution is 5.72. The zero-order chi connectivity index (χ0) is 15.8. The van der Waals surface area contributed by atoms with Crippen molar-refractivity contribution in [3.8, 4) is 0 Å². The molecule has 1 fully saturated rings. The molecule has 1 aliphatic rings. The molecule has 0 unspecified atom stereocenters. The molecule has 0 radical (unpaired) electrons. The SMILES string of the molecule is Cc1cc(C)nc(N2CCC[C@@H](c3nc4ccccc4o3)C2)n1. The Morgan fingerprint density at radius 2 is 1.87 bits per heavy atom. The number of nitrogens with zero attached hydrogens (tertiary/aromatic N) is 4. The topological polar surface area (TPSA) is 55.1 Å². The molecule has 1 aliphatic heterocycles. The number of anilines is 1. The summed E-state index contributed by atoms with van der Waals surface area (Å²) in [6.07, 6.45) is 2.19. The quantitative estimate of drug-likeness (QED) is 0.723. The van der Waals surface area contributed by atoms with Gasteiger partial charge in [-0.15, -0.1) is 0 Å². The van der Waals surface area contributed by atoms with Crippen molar-refractivity contribution in [2.24, 2.45) is 0 Å². The Labute approximate surface area is 135 Å². The summed E-state index contributed by atoms with van der Waals surface area (Å²) in [7, 11) is 0. The summed E-state index contributed by atoms with van der Waals surface area (Å²) < 4.78 is 5.96. The molecule has 0 spiro atoms. The van der Waals surface area contributed by atoms with E-state index in [0.29, 0.717) is 5.92 Å². The Morgan fingerprint density at radius 3 is 2.65 bits per heavy atom. The monoisotopic (exact) mass is 308 g/mol. The van der Waals surface area contributed by atoms with E-state index in [1.807, 2.05) is 44.2 Å². The molecule has 5 nitrogen and oxygen atoms in total. The van der Waals surface area contributed by atoms with Crippen molar-refractivity contribution in [2.45, 2.75) is 32.6 Å². The maximum Gasteiger partial charge on any atom is 0.225 e. The van der Waals surface area contributed by atoms with E-state index in [0.717, 1.165) is 60.3 Å². The summed E-state index contributed by atoms with van der Waals surface area (Å²) in [5, 5.41) is 0. The number of rotatable bonds is 2. The second-order valence-electron chi connectivity index (χ2n) is 6.26. The predicted octanol–water partition coefficient (Wildman–Crippen LogP) is 3.62. The highest BCUT2D eigenvalue weighted by Crippen LogP contribution is 2.30. The Hall–Kier alpha value is -2.43. The maximum atomic E-state index is 5.96. The first kappa shape index (κ1) is 14.2. The minimum absolute atomic E-state index is 0.292. The van der Waals surface area contributed by atoms with Crippen LogP contribution >= 0.6 is 0 Å². The highest BCUT2D eigenvalue weighted by Gasteiger charge is 2.27. The van der Waals surface area contributed by atoms with Gasteiger partial charge in [0.1, 0.15) is 5.52 Å². The van der Waals surface area contributed by atoms with Gasteiger partial charge in [0.05, 0.1) is 5.92 Å². The highest BCUT2D eigenvalue weighted by atomic mass is 16.3. The number of aryl methyl sites for hydroxylation is 2. The number of benzene rings is 1. The number of piperidine rings is 1. The van der Waals surface area contributed by atoms with Crippen LogP contribution < -0.4 is 4.90 Å². The molecule has 5 heteroatoms. The molecule has 1 saturated heterocycles.